The first-order valence-electron chi connectivity index (χ1n) is 6.32. The third-order valence-electron chi connectivity index (χ3n) is 2.85. The van der Waals surface area contributed by atoms with Gasteiger partial charge in [-0.05, 0) is 5.41 Å². The third-order valence-corrected chi connectivity index (χ3v) is 2.85. The Morgan fingerprint density at radius 3 is 2.79 bits per heavy atom. The van der Waals surface area contributed by atoms with E-state index in [2.05, 4.69) is 42.3 Å². The Hall–Kier alpha value is -1.80. The first kappa shape index (κ1) is 15.3. The van der Waals surface area contributed by atoms with E-state index in [-0.39, 0.29) is 23.9 Å². The van der Waals surface area contributed by atoms with Gasteiger partial charge in [0.15, 0.2) is 0 Å². The Labute approximate surface area is 114 Å². The monoisotopic (exact) mass is 262 g/mol. The average molecular weight is 262 g/mol. The fourth-order valence-electron chi connectivity index (χ4n) is 1.64. The molecule has 0 bridgehead atoms. The lowest BCUT2D eigenvalue weighted by molar-refractivity contribution is -0.121. The van der Waals surface area contributed by atoms with Gasteiger partial charge in [0.05, 0.1) is 25.5 Å². The molecule has 0 saturated heterocycles. The van der Waals surface area contributed by atoms with E-state index in [1.165, 1.54) is 0 Å². The third kappa shape index (κ3) is 5.58. The van der Waals surface area contributed by atoms with Crippen LogP contribution >= 0.6 is 0 Å². The van der Waals surface area contributed by atoms with Crippen molar-refractivity contribution in [3.05, 3.63) is 18.7 Å². The summed E-state index contributed by atoms with van der Waals surface area (Å²) in [5.41, 5.74) is -0.0357. The summed E-state index contributed by atoms with van der Waals surface area (Å²) in [5.74, 6) is 2.39. The zero-order chi connectivity index (χ0) is 14.3. The van der Waals surface area contributed by atoms with Gasteiger partial charge in [0, 0.05) is 18.9 Å². The minimum absolute atomic E-state index is 0.0295. The van der Waals surface area contributed by atoms with Gasteiger partial charge in [0.1, 0.15) is 0 Å². The normalized spacial score (nSPS) is 12.7. The Morgan fingerprint density at radius 1 is 1.53 bits per heavy atom. The van der Waals surface area contributed by atoms with Crippen molar-refractivity contribution in [1.82, 2.24) is 20.2 Å². The van der Waals surface area contributed by atoms with Crippen molar-refractivity contribution < 1.29 is 4.79 Å². The standard InChI is InChI=1S/C14H22N4O/c1-5-6-15-9-13(19)17-12(14(2,3)4)10-18-8-7-16-11-18/h1,7-8,11-12,15H,6,9-10H2,2-4H3,(H,17,19). The van der Waals surface area contributed by atoms with Crippen LogP contribution in [0.15, 0.2) is 18.7 Å². The number of hydrogen-bond acceptors (Lipinski definition) is 3. The van der Waals surface area contributed by atoms with E-state index < -0.39 is 0 Å². The predicted octanol–water partition coefficient (Wildman–Crippen LogP) is 0.637. The summed E-state index contributed by atoms with van der Waals surface area (Å²) < 4.78 is 1.96. The van der Waals surface area contributed by atoms with Gasteiger partial charge in [-0.25, -0.2) is 4.98 Å². The summed E-state index contributed by atoms with van der Waals surface area (Å²) in [6.07, 6.45) is 10.5. The topological polar surface area (TPSA) is 59.0 Å². The van der Waals surface area contributed by atoms with E-state index in [0.29, 0.717) is 13.1 Å². The zero-order valence-corrected chi connectivity index (χ0v) is 11.8. The van der Waals surface area contributed by atoms with E-state index in [0.717, 1.165) is 0 Å². The minimum Gasteiger partial charge on any atom is -0.350 e. The molecule has 1 rings (SSSR count). The smallest absolute Gasteiger partial charge is 0.234 e. The van der Waals surface area contributed by atoms with E-state index in [1.54, 1.807) is 12.5 Å². The van der Waals surface area contributed by atoms with Crippen LogP contribution in [0.5, 0.6) is 0 Å². The maximum absolute atomic E-state index is 11.8. The molecule has 2 N–H and O–H groups in total. The van der Waals surface area contributed by atoms with Crippen molar-refractivity contribution in [2.45, 2.75) is 33.4 Å². The van der Waals surface area contributed by atoms with Gasteiger partial charge in [0.25, 0.3) is 0 Å². The van der Waals surface area contributed by atoms with E-state index in [9.17, 15) is 4.79 Å². The molecule has 1 aromatic heterocycles. The molecule has 0 fully saturated rings. The SMILES string of the molecule is C#CCNCC(=O)NC(Cn1ccnc1)C(C)(C)C. The Balaban J connectivity index is 2.56. The van der Waals surface area contributed by atoms with Crippen molar-refractivity contribution in [2.24, 2.45) is 5.41 Å². The van der Waals surface area contributed by atoms with Gasteiger partial charge in [-0.2, -0.15) is 0 Å². The number of aromatic nitrogens is 2. The highest BCUT2D eigenvalue weighted by Gasteiger charge is 2.26. The second-order valence-corrected chi connectivity index (χ2v) is 5.55. The molecule has 0 aliphatic rings. The number of rotatable bonds is 6. The lowest BCUT2D eigenvalue weighted by Gasteiger charge is -2.31. The molecule has 5 nitrogen and oxygen atoms in total. The molecule has 19 heavy (non-hydrogen) atoms. The number of amides is 1. The van der Waals surface area contributed by atoms with E-state index >= 15 is 0 Å². The molecule has 0 aliphatic heterocycles. The number of imidazole rings is 1. The van der Waals surface area contributed by atoms with Crippen LogP contribution in [-0.2, 0) is 11.3 Å². The first-order valence-corrected chi connectivity index (χ1v) is 6.32. The Kier molecular flexibility index (Phi) is 5.58. The number of nitrogens with zero attached hydrogens (tertiary/aromatic N) is 2. The maximum Gasteiger partial charge on any atom is 0.234 e. The summed E-state index contributed by atoms with van der Waals surface area (Å²) >= 11 is 0. The molecule has 0 aromatic carbocycles. The van der Waals surface area contributed by atoms with Crippen LogP contribution in [-0.4, -0.2) is 34.6 Å². The van der Waals surface area contributed by atoms with Gasteiger partial charge >= 0.3 is 0 Å². The summed E-state index contributed by atoms with van der Waals surface area (Å²) in [4.78, 5) is 15.8. The molecule has 1 atom stereocenters. The summed E-state index contributed by atoms with van der Waals surface area (Å²) in [5, 5.41) is 5.92. The Bertz CT molecular complexity index is 425. The van der Waals surface area contributed by atoms with Crippen molar-refractivity contribution in [2.75, 3.05) is 13.1 Å². The quantitative estimate of drug-likeness (QED) is 0.584. The average Bonchev–Trinajstić information content (AvgIpc) is 2.80. The lowest BCUT2D eigenvalue weighted by Crippen LogP contribution is -2.48. The fraction of sp³-hybridized carbons (Fsp3) is 0.571. The molecule has 0 radical (unpaired) electrons. The van der Waals surface area contributed by atoms with Crippen molar-refractivity contribution in [3.8, 4) is 12.3 Å². The lowest BCUT2D eigenvalue weighted by atomic mass is 9.86. The van der Waals surface area contributed by atoms with Crippen LogP contribution in [0.1, 0.15) is 20.8 Å². The molecule has 0 saturated carbocycles. The molecule has 1 heterocycles. The minimum atomic E-state index is -0.0460. The summed E-state index contributed by atoms with van der Waals surface area (Å²) in [6, 6.07) is 0.0295. The number of carbonyl (C=O) groups excluding carboxylic acids is 1. The van der Waals surface area contributed by atoms with Crippen LogP contribution in [0.25, 0.3) is 0 Å². The first-order chi connectivity index (χ1) is 8.93. The van der Waals surface area contributed by atoms with Crippen LogP contribution in [0, 0.1) is 17.8 Å². The molecule has 1 unspecified atom stereocenters. The van der Waals surface area contributed by atoms with Crippen LogP contribution < -0.4 is 10.6 Å². The second-order valence-electron chi connectivity index (χ2n) is 5.55. The van der Waals surface area contributed by atoms with E-state index in [4.69, 9.17) is 6.42 Å². The second kappa shape index (κ2) is 6.95. The van der Waals surface area contributed by atoms with Gasteiger partial charge in [-0.3, -0.25) is 10.1 Å². The number of carbonyl (C=O) groups is 1. The van der Waals surface area contributed by atoms with Gasteiger partial charge in [-0.15, -0.1) is 6.42 Å². The van der Waals surface area contributed by atoms with Crippen LogP contribution in [0.3, 0.4) is 0 Å². The highest BCUT2D eigenvalue weighted by molar-refractivity contribution is 5.78. The number of terminal acetylenes is 1. The number of hydrogen-bond donors (Lipinski definition) is 2. The van der Waals surface area contributed by atoms with Gasteiger partial charge < -0.3 is 9.88 Å². The molecule has 104 valence electrons. The largest absolute Gasteiger partial charge is 0.350 e. The van der Waals surface area contributed by atoms with Crippen molar-refractivity contribution in [1.29, 1.82) is 0 Å². The van der Waals surface area contributed by atoms with Crippen molar-refractivity contribution >= 4 is 5.91 Å². The Morgan fingerprint density at radius 2 is 2.26 bits per heavy atom. The predicted molar refractivity (Wildman–Crippen MR) is 75.3 cm³/mol. The highest BCUT2D eigenvalue weighted by Crippen LogP contribution is 2.20. The number of nitrogens with one attached hydrogen (secondary N) is 2. The van der Waals surface area contributed by atoms with Crippen LogP contribution in [0.2, 0.25) is 0 Å². The molecule has 1 aromatic rings. The van der Waals surface area contributed by atoms with Crippen LogP contribution in [0.4, 0.5) is 0 Å². The zero-order valence-electron chi connectivity index (χ0n) is 11.8. The fourth-order valence-corrected chi connectivity index (χ4v) is 1.64. The molecule has 1 amide bonds. The van der Waals surface area contributed by atoms with Gasteiger partial charge in [0.2, 0.25) is 5.91 Å². The maximum atomic E-state index is 11.8. The summed E-state index contributed by atoms with van der Waals surface area (Å²) in [7, 11) is 0. The van der Waals surface area contributed by atoms with E-state index in [1.807, 2.05) is 10.8 Å². The molecular formula is C14H22N4O. The summed E-state index contributed by atoms with van der Waals surface area (Å²) in [6.45, 7) is 7.64. The molecule has 0 spiro atoms. The highest BCUT2D eigenvalue weighted by atomic mass is 16.2. The molecular weight excluding hydrogens is 240 g/mol. The van der Waals surface area contributed by atoms with Crippen molar-refractivity contribution in [3.63, 3.8) is 0 Å². The molecule has 5 heteroatoms. The molecule has 0 aliphatic carbocycles. The van der Waals surface area contributed by atoms with Gasteiger partial charge in [-0.1, -0.05) is 26.7 Å².